The maximum atomic E-state index is 12.4. The zero-order valence-corrected chi connectivity index (χ0v) is 13.4. The quantitative estimate of drug-likeness (QED) is 0.875. The van der Waals surface area contributed by atoms with Crippen molar-refractivity contribution in [1.29, 1.82) is 0 Å². The highest BCUT2D eigenvalue weighted by Gasteiger charge is 2.16. The van der Waals surface area contributed by atoms with Crippen molar-refractivity contribution in [2.45, 2.75) is 53.4 Å². The monoisotopic (exact) mass is 306 g/mol. The van der Waals surface area contributed by atoms with E-state index in [1.165, 1.54) is 9.13 Å². The summed E-state index contributed by atoms with van der Waals surface area (Å²) >= 11 is 0. The molecule has 0 aliphatic carbocycles. The van der Waals surface area contributed by atoms with E-state index in [0.717, 1.165) is 0 Å². The number of aryl methyl sites for hydroxylation is 1. The van der Waals surface area contributed by atoms with E-state index in [1.54, 1.807) is 23.8 Å². The van der Waals surface area contributed by atoms with Crippen molar-refractivity contribution in [3.63, 3.8) is 0 Å². The molecule has 0 atom stereocenters. The number of nitrogens with one attached hydrogen (secondary N) is 1. The summed E-state index contributed by atoms with van der Waals surface area (Å²) in [4.78, 5) is 36.7. The summed E-state index contributed by atoms with van der Waals surface area (Å²) in [6, 6.07) is 1.71. The number of hydrogen-bond acceptors (Lipinski definition) is 3. The molecule has 120 valence electrons. The molecule has 0 spiro atoms. The average Bonchev–Trinajstić information content (AvgIpc) is 2.83. The Morgan fingerprint density at radius 1 is 1.18 bits per heavy atom. The predicted octanol–water partition coefficient (Wildman–Crippen LogP) is 0.529. The molecule has 7 nitrogen and oxygen atoms in total. The van der Waals surface area contributed by atoms with Crippen LogP contribution < -0.4 is 16.6 Å². The minimum Gasteiger partial charge on any atom is -0.352 e. The molecular formula is C15H22N4O3. The van der Waals surface area contributed by atoms with E-state index in [2.05, 4.69) is 5.32 Å². The number of amides is 1. The molecular weight excluding hydrogens is 284 g/mol. The van der Waals surface area contributed by atoms with Crippen LogP contribution in [0.1, 0.15) is 27.7 Å². The van der Waals surface area contributed by atoms with Gasteiger partial charge in [-0.2, -0.15) is 0 Å². The topological polar surface area (TPSA) is 78.0 Å². The maximum Gasteiger partial charge on any atom is 0.332 e. The van der Waals surface area contributed by atoms with Crippen LogP contribution in [-0.4, -0.2) is 25.7 Å². The molecule has 0 saturated heterocycles. The first-order valence-electron chi connectivity index (χ1n) is 7.52. The molecule has 7 heteroatoms. The fourth-order valence-electron chi connectivity index (χ4n) is 2.61. The summed E-state index contributed by atoms with van der Waals surface area (Å²) < 4.78 is 4.40. The number of rotatable bonds is 5. The van der Waals surface area contributed by atoms with Crippen molar-refractivity contribution in [3.8, 4) is 0 Å². The second-order valence-corrected chi connectivity index (χ2v) is 5.48. The van der Waals surface area contributed by atoms with Gasteiger partial charge in [0.15, 0.2) is 0 Å². The molecule has 0 fully saturated rings. The third-order valence-electron chi connectivity index (χ3n) is 3.52. The second-order valence-electron chi connectivity index (χ2n) is 5.48. The van der Waals surface area contributed by atoms with Crippen molar-refractivity contribution >= 4 is 16.9 Å². The Hall–Kier alpha value is -2.31. The SMILES string of the molecule is CCn1c(=O)c2ccn(CC(=O)NC(C)C)c2n(CC)c1=O. The maximum absolute atomic E-state index is 12.4. The van der Waals surface area contributed by atoms with Gasteiger partial charge in [0.2, 0.25) is 5.91 Å². The van der Waals surface area contributed by atoms with Gasteiger partial charge in [-0.1, -0.05) is 0 Å². The fourth-order valence-corrected chi connectivity index (χ4v) is 2.61. The van der Waals surface area contributed by atoms with Gasteiger partial charge in [0.25, 0.3) is 5.56 Å². The third kappa shape index (κ3) is 2.70. The van der Waals surface area contributed by atoms with Gasteiger partial charge in [-0.15, -0.1) is 0 Å². The van der Waals surface area contributed by atoms with Crippen LogP contribution in [0, 0.1) is 0 Å². The molecule has 0 aliphatic rings. The summed E-state index contributed by atoms with van der Waals surface area (Å²) in [5, 5.41) is 3.26. The van der Waals surface area contributed by atoms with Gasteiger partial charge in [0.05, 0.1) is 5.39 Å². The third-order valence-corrected chi connectivity index (χ3v) is 3.52. The number of hydrogen-bond donors (Lipinski definition) is 1. The zero-order chi connectivity index (χ0) is 16.4. The van der Waals surface area contributed by atoms with Crippen molar-refractivity contribution in [3.05, 3.63) is 33.1 Å². The average molecular weight is 306 g/mol. The lowest BCUT2D eigenvalue weighted by Gasteiger charge is -2.13. The Labute approximate surface area is 128 Å². The Morgan fingerprint density at radius 2 is 1.82 bits per heavy atom. The van der Waals surface area contributed by atoms with Gasteiger partial charge >= 0.3 is 5.69 Å². The summed E-state index contributed by atoms with van der Waals surface area (Å²) in [5.41, 5.74) is -0.150. The Balaban J connectivity index is 2.62. The van der Waals surface area contributed by atoms with Gasteiger partial charge in [0.1, 0.15) is 12.2 Å². The molecule has 2 aromatic heterocycles. The molecule has 0 aromatic carbocycles. The van der Waals surface area contributed by atoms with Gasteiger partial charge in [-0.3, -0.25) is 18.7 Å². The number of aromatic nitrogens is 3. The molecule has 0 aliphatic heterocycles. The van der Waals surface area contributed by atoms with E-state index in [1.807, 2.05) is 20.8 Å². The predicted molar refractivity (Wildman–Crippen MR) is 85.1 cm³/mol. The fraction of sp³-hybridized carbons (Fsp3) is 0.533. The van der Waals surface area contributed by atoms with Crippen molar-refractivity contribution in [1.82, 2.24) is 19.0 Å². The highest BCUT2D eigenvalue weighted by molar-refractivity contribution is 5.80. The van der Waals surface area contributed by atoms with Crippen molar-refractivity contribution in [2.75, 3.05) is 0 Å². The normalized spacial score (nSPS) is 11.3. The van der Waals surface area contributed by atoms with Crippen LogP contribution in [0.5, 0.6) is 0 Å². The van der Waals surface area contributed by atoms with E-state index in [-0.39, 0.29) is 29.7 Å². The molecule has 2 rings (SSSR count). The van der Waals surface area contributed by atoms with Crippen molar-refractivity contribution < 1.29 is 4.79 Å². The molecule has 1 amide bonds. The molecule has 0 bridgehead atoms. The lowest BCUT2D eigenvalue weighted by molar-refractivity contribution is -0.122. The van der Waals surface area contributed by atoms with Gasteiger partial charge in [0, 0.05) is 25.3 Å². The van der Waals surface area contributed by atoms with Crippen molar-refractivity contribution in [2.24, 2.45) is 0 Å². The number of nitrogens with zero attached hydrogens (tertiary/aromatic N) is 3. The van der Waals surface area contributed by atoms with Crippen LogP contribution in [0.15, 0.2) is 21.9 Å². The molecule has 22 heavy (non-hydrogen) atoms. The lowest BCUT2D eigenvalue weighted by atomic mass is 10.3. The van der Waals surface area contributed by atoms with E-state index in [9.17, 15) is 14.4 Å². The second kappa shape index (κ2) is 6.21. The van der Waals surface area contributed by atoms with E-state index in [0.29, 0.717) is 24.1 Å². The molecule has 2 heterocycles. The first kappa shape index (κ1) is 16.1. The first-order chi connectivity index (χ1) is 10.4. The number of carbonyl (C=O) groups is 1. The van der Waals surface area contributed by atoms with Crippen LogP contribution in [0.4, 0.5) is 0 Å². The van der Waals surface area contributed by atoms with Crippen LogP contribution in [-0.2, 0) is 24.4 Å². The Bertz CT molecular complexity index is 811. The van der Waals surface area contributed by atoms with E-state index < -0.39 is 0 Å². The Morgan fingerprint density at radius 3 is 2.36 bits per heavy atom. The number of carbonyl (C=O) groups excluding carboxylic acids is 1. The van der Waals surface area contributed by atoms with Crippen LogP contribution in [0.3, 0.4) is 0 Å². The summed E-state index contributed by atoms with van der Waals surface area (Å²) in [5.74, 6) is -0.151. The first-order valence-corrected chi connectivity index (χ1v) is 7.52. The highest BCUT2D eigenvalue weighted by atomic mass is 16.2. The van der Waals surface area contributed by atoms with E-state index >= 15 is 0 Å². The van der Waals surface area contributed by atoms with Gasteiger partial charge in [-0.05, 0) is 33.8 Å². The minimum absolute atomic E-state index is 0.0417. The van der Waals surface area contributed by atoms with Crippen LogP contribution in [0.2, 0.25) is 0 Å². The van der Waals surface area contributed by atoms with Gasteiger partial charge in [-0.25, -0.2) is 4.79 Å². The minimum atomic E-state index is -0.341. The molecule has 2 aromatic rings. The molecule has 0 radical (unpaired) electrons. The van der Waals surface area contributed by atoms with Crippen LogP contribution in [0.25, 0.3) is 11.0 Å². The van der Waals surface area contributed by atoms with Gasteiger partial charge < -0.3 is 9.88 Å². The summed E-state index contributed by atoms with van der Waals surface area (Å²) in [6.07, 6.45) is 1.68. The highest BCUT2D eigenvalue weighted by Crippen LogP contribution is 2.10. The standard InChI is InChI=1S/C15H22N4O3/c1-5-18-13-11(14(21)19(6-2)15(18)22)7-8-17(13)9-12(20)16-10(3)4/h7-8,10H,5-6,9H2,1-4H3,(H,16,20). The lowest BCUT2D eigenvalue weighted by Crippen LogP contribution is -2.40. The molecule has 0 unspecified atom stereocenters. The largest absolute Gasteiger partial charge is 0.352 e. The summed E-state index contributed by atoms with van der Waals surface area (Å²) in [7, 11) is 0. The molecule has 0 saturated carbocycles. The molecule has 1 N–H and O–H groups in total. The summed E-state index contributed by atoms with van der Waals surface area (Å²) in [6.45, 7) is 8.22. The smallest absolute Gasteiger partial charge is 0.332 e. The zero-order valence-electron chi connectivity index (χ0n) is 13.4. The van der Waals surface area contributed by atoms with Crippen LogP contribution >= 0.6 is 0 Å². The van der Waals surface area contributed by atoms with E-state index in [4.69, 9.17) is 0 Å². The number of fused-ring (bicyclic) bond motifs is 1. The Kier molecular flexibility index (Phi) is 4.54.